The molecule has 0 bridgehead atoms. The number of nitrogen functional groups attached to an aromatic ring is 1. The van der Waals surface area contributed by atoms with Gasteiger partial charge < -0.3 is 16.4 Å². The maximum Gasteiger partial charge on any atom is 0.270 e. The number of fused-ring (bicyclic) bond motifs is 3. The van der Waals surface area contributed by atoms with Crippen molar-refractivity contribution >= 4 is 23.8 Å². The molecular formula is C19H21N5O2. The molecule has 1 spiro atoms. The van der Waals surface area contributed by atoms with E-state index in [1.165, 1.54) is 0 Å². The highest BCUT2D eigenvalue weighted by Crippen LogP contribution is 2.55. The number of allylic oxidation sites excluding steroid dienone is 3. The van der Waals surface area contributed by atoms with Gasteiger partial charge in [-0.2, -0.15) is 0 Å². The van der Waals surface area contributed by atoms with Crippen LogP contribution in [0.5, 0.6) is 0 Å². The van der Waals surface area contributed by atoms with E-state index in [0.717, 1.165) is 66.6 Å². The van der Waals surface area contributed by atoms with Crippen LogP contribution in [0, 0.1) is 0 Å². The molecule has 4 aliphatic rings. The van der Waals surface area contributed by atoms with Crippen LogP contribution in [-0.4, -0.2) is 27.9 Å². The Bertz CT molecular complexity index is 911. The first kappa shape index (κ1) is 15.4. The van der Waals surface area contributed by atoms with Crippen molar-refractivity contribution in [3.05, 3.63) is 40.4 Å². The summed E-state index contributed by atoms with van der Waals surface area (Å²) in [6, 6.07) is 1.84. The van der Waals surface area contributed by atoms with E-state index >= 15 is 0 Å². The minimum atomic E-state index is -0.517. The molecule has 26 heavy (non-hydrogen) atoms. The van der Waals surface area contributed by atoms with Gasteiger partial charge in [-0.25, -0.2) is 4.98 Å². The topological polar surface area (TPSA) is 100 Å². The van der Waals surface area contributed by atoms with E-state index in [1.54, 1.807) is 11.1 Å². The summed E-state index contributed by atoms with van der Waals surface area (Å²) in [7, 11) is 0. The van der Waals surface area contributed by atoms with Gasteiger partial charge in [0.25, 0.3) is 5.91 Å². The van der Waals surface area contributed by atoms with Crippen LogP contribution < -0.4 is 16.4 Å². The summed E-state index contributed by atoms with van der Waals surface area (Å²) in [6.45, 7) is 2.01. The predicted octanol–water partition coefficient (Wildman–Crippen LogP) is 1.96. The Labute approximate surface area is 151 Å². The van der Waals surface area contributed by atoms with Crippen molar-refractivity contribution in [2.24, 2.45) is 0 Å². The van der Waals surface area contributed by atoms with Crippen LogP contribution in [0.25, 0.3) is 0 Å². The van der Waals surface area contributed by atoms with E-state index in [4.69, 9.17) is 5.73 Å². The molecule has 0 radical (unpaired) electrons. The van der Waals surface area contributed by atoms with Crippen molar-refractivity contribution in [2.45, 2.75) is 50.6 Å². The average molecular weight is 351 g/mol. The smallest absolute Gasteiger partial charge is 0.270 e. The van der Waals surface area contributed by atoms with E-state index in [9.17, 15) is 9.59 Å². The molecule has 2 saturated carbocycles. The number of nitrogens with two attached hydrogens (primary N) is 1. The number of nitrogens with one attached hydrogen (secondary N) is 2. The highest BCUT2D eigenvalue weighted by Gasteiger charge is 2.52. The van der Waals surface area contributed by atoms with Crippen LogP contribution in [0.4, 0.5) is 11.5 Å². The van der Waals surface area contributed by atoms with Gasteiger partial charge in [0.1, 0.15) is 17.2 Å². The average Bonchev–Trinajstić information content (AvgIpc) is 3.13. The first-order valence-electron chi connectivity index (χ1n) is 9.08. The molecule has 1 atom stereocenters. The lowest BCUT2D eigenvalue weighted by Gasteiger charge is -2.42. The van der Waals surface area contributed by atoms with Crippen molar-refractivity contribution in [3.63, 3.8) is 0 Å². The summed E-state index contributed by atoms with van der Waals surface area (Å²) in [6.07, 6.45) is 7.05. The second kappa shape index (κ2) is 5.09. The number of carbonyl (C=O) groups excluding carboxylic acids is 2. The van der Waals surface area contributed by atoms with Gasteiger partial charge in [0.15, 0.2) is 0 Å². The number of hydrogen-bond donors (Lipinski definition) is 3. The Morgan fingerprint density at radius 3 is 2.88 bits per heavy atom. The van der Waals surface area contributed by atoms with Gasteiger partial charge in [-0.3, -0.25) is 14.5 Å². The van der Waals surface area contributed by atoms with Crippen molar-refractivity contribution in [1.82, 2.24) is 15.2 Å². The molecule has 0 aromatic carbocycles. The quantitative estimate of drug-likeness (QED) is 0.530. The largest absolute Gasteiger partial charge is 0.384 e. The highest BCUT2D eigenvalue weighted by atomic mass is 16.2. The molecule has 3 fully saturated rings. The minimum absolute atomic E-state index is 0.131. The first-order valence-corrected chi connectivity index (χ1v) is 9.08. The van der Waals surface area contributed by atoms with Gasteiger partial charge in [0.05, 0.1) is 0 Å². The molecule has 7 nitrogen and oxygen atoms in total. The first-order chi connectivity index (χ1) is 12.5. The highest BCUT2D eigenvalue weighted by molar-refractivity contribution is 6.01. The summed E-state index contributed by atoms with van der Waals surface area (Å²) < 4.78 is 0. The molecule has 1 saturated heterocycles. The number of carbonyl (C=O) groups is 2. The molecule has 4 N–H and O–H groups in total. The van der Waals surface area contributed by atoms with Crippen LogP contribution in [0.3, 0.4) is 0 Å². The fraction of sp³-hybridized carbons (Fsp3) is 0.421. The Morgan fingerprint density at radius 2 is 2.15 bits per heavy atom. The zero-order chi connectivity index (χ0) is 18.1. The van der Waals surface area contributed by atoms with Gasteiger partial charge in [-0.1, -0.05) is 0 Å². The Morgan fingerprint density at radius 1 is 1.38 bits per heavy atom. The zero-order valence-electron chi connectivity index (χ0n) is 14.6. The minimum Gasteiger partial charge on any atom is -0.384 e. The fourth-order valence-electron chi connectivity index (χ4n) is 5.03. The lowest BCUT2D eigenvalue weighted by atomic mass is 9.67. The Balaban J connectivity index is 1.59. The molecular weight excluding hydrogens is 330 g/mol. The normalized spacial score (nSPS) is 28.4. The van der Waals surface area contributed by atoms with Crippen molar-refractivity contribution < 1.29 is 9.59 Å². The Kier molecular flexibility index (Phi) is 3.02. The van der Waals surface area contributed by atoms with E-state index < -0.39 is 5.66 Å². The van der Waals surface area contributed by atoms with Gasteiger partial charge >= 0.3 is 0 Å². The molecule has 7 heteroatoms. The van der Waals surface area contributed by atoms with E-state index in [2.05, 4.69) is 15.6 Å². The number of amides is 2. The van der Waals surface area contributed by atoms with E-state index in [0.29, 0.717) is 11.5 Å². The zero-order valence-corrected chi connectivity index (χ0v) is 14.6. The van der Waals surface area contributed by atoms with E-state index in [-0.39, 0.29) is 11.8 Å². The van der Waals surface area contributed by atoms with Crippen molar-refractivity contribution in [1.29, 1.82) is 0 Å². The van der Waals surface area contributed by atoms with Gasteiger partial charge in [-0.05, 0) is 50.2 Å². The third-order valence-corrected chi connectivity index (χ3v) is 6.22. The van der Waals surface area contributed by atoms with Gasteiger partial charge in [-0.15, -0.1) is 0 Å². The summed E-state index contributed by atoms with van der Waals surface area (Å²) in [5, 5.41) is 6.47. The fourth-order valence-corrected chi connectivity index (χ4v) is 5.03. The maximum absolute atomic E-state index is 12.8. The second-order valence-corrected chi connectivity index (χ2v) is 7.61. The van der Waals surface area contributed by atoms with Crippen LogP contribution in [-0.2, 0) is 9.59 Å². The second-order valence-electron chi connectivity index (χ2n) is 7.61. The van der Waals surface area contributed by atoms with Crippen LogP contribution in [0.15, 0.2) is 34.8 Å². The number of hydrogen-bond acceptors (Lipinski definition) is 5. The summed E-state index contributed by atoms with van der Waals surface area (Å²) >= 11 is 0. The molecule has 5 rings (SSSR count). The summed E-state index contributed by atoms with van der Waals surface area (Å²) in [5.74, 6) is 0.549. The van der Waals surface area contributed by atoms with Gasteiger partial charge in [0.2, 0.25) is 6.41 Å². The third-order valence-electron chi connectivity index (χ3n) is 6.22. The number of pyridine rings is 1. The number of nitrogens with zero attached hydrogens (tertiary/aromatic N) is 2. The standard InChI is InChI=1S/C19H21N5O2/c1-10-16-11(13-8-21-15(20)7-14(13)22-10)6-12(16)17-18(26)23-19(24(17)9-25)4-2-3-5-19/h7-9,11,22H,2-6H2,1H3,(H2,20,21)(H,23,26)/b17-12-/t11-/m1/s1. The van der Waals surface area contributed by atoms with Crippen LogP contribution >= 0.6 is 0 Å². The molecule has 0 unspecified atom stereocenters. The third kappa shape index (κ3) is 1.85. The number of aromatic nitrogens is 1. The molecule has 2 aliphatic carbocycles. The summed E-state index contributed by atoms with van der Waals surface area (Å²) in [5.41, 5.74) is 11.0. The molecule has 2 amide bonds. The number of rotatable bonds is 1. The van der Waals surface area contributed by atoms with E-state index in [1.807, 2.05) is 13.0 Å². The maximum atomic E-state index is 12.8. The van der Waals surface area contributed by atoms with Crippen LogP contribution in [0.2, 0.25) is 0 Å². The molecule has 3 heterocycles. The molecule has 134 valence electrons. The molecule has 2 aliphatic heterocycles. The molecule has 1 aromatic heterocycles. The monoisotopic (exact) mass is 351 g/mol. The molecule has 1 aromatic rings. The predicted molar refractivity (Wildman–Crippen MR) is 96.6 cm³/mol. The lowest BCUT2D eigenvalue weighted by Crippen LogP contribution is -2.48. The number of anilines is 2. The summed E-state index contributed by atoms with van der Waals surface area (Å²) in [4.78, 5) is 30.5. The van der Waals surface area contributed by atoms with Crippen LogP contribution in [0.1, 0.15) is 50.5 Å². The lowest BCUT2D eigenvalue weighted by molar-refractivity contribution is -0.120. The van der Waals surface area contributed by atoms with Crippen molar-refractivity contribution in [2.75, 3.05) is 11.1 Å². The van der Waals surface area contributed by atoms with Gasteiger partial charge in [0, 0.05) is 35.1 Å². The SMILES string of the molecule is CC1=C2/C(=C3/C(=O)NC4(CCCC4)N3C=O)C[C@@H]2c2cnc(N)cc2N1. The van der Waals surface area contributed by atoms with Crippen molar-refractivity contribution in [3.8, 4) is 0 Å². The Hall–Kier alpha value is -2.83.